The largest absolute Gasteiger partial charge is 0.219 e. The first-order chi connectivity index (χ1) is 4.97. The van der Waals surface area contributed by atoms with Crippen molar-refractivity contribution >= 4 is 11.3 Å². The molecule has 5 heteroatoms. The Bertz CT molecular complexity index is 251. The first-order valence-electron chi connectivity index (χ1n) is 2.80. The maximum absolute atomic E-state index is 3.78. The number of hydrogen-bond acceptors (Lipinski definition) is 5. The van der Waals surface area contributed by atoms with Gasteiger partial charge in [-0.3, -0.25) is 0 Å². The molecule has 0 radical (unpaired) electrons. The zero-order valence-electron chi connectivity index (χ0n) is 5.01. The molecule has 0 saturated heterocycles. The second kappa shape index (κ2) is 2.26. The number of rotatable bonds is 1. The Hall–Kier alpha value is -1.10. The zero-order valence-corrected chi connectivity index (χ0v) is 5.82. The minimum atomic E-state index is -0.167. The molecule has 0 atom stereocenters. The summed E-state index contributed by atoms with van der Waals surface area (Å²) in [6, 6.07) is 3.93. The summed E-state index contributed by atoms with van der Waals surface area (Å²) in [5.74, 6) is 0. The van der Waals surface area contributed by atoms with Crippen LogP contribution in [0.4, 0.5) is 0 Å². The highest BCUT2D eigenvalue weighted by molar-refractivity contribution is 7.10. The van der Waals surface area contributed by atoms with Crippen LogP contribution in [0.5, 0.6) is 0 Å². The molecule has 0 unspecified atom stereocenters. The van der Waals surface area contributed by atoms with Crippen LogP contribution in [-0.4, -0.2) is 0 Å². The Morgan fingerprint density at radius 2 is 2.10 bits per heavy atom. The van der Waals surface area contributed by atoms with Crippen LogP contribution in [0.15, 0.2) is 38.2 Å². The van der Waals surface area contributed by atoms with E-state index in [1.807, 2.05) is 17.5 Å². The molecule has 4 nitrogen and oxygen atoms in total. The lowest BCUT2D eigenvalue weighted by molar-refractivity contribution is 0.782. The van der Waals surface area contributed by atoms with Crippen molar-refractivity contribution in [2.24, 2.45) is 20.7 Å². The van der Waals surface area contributed by atoms with E-state index in [0.717, 1.165) is 4.88 Å². The summed E-state index contributed by atoms with van der Waals surface area (Å²) >= 11 is 1.61. The number of thiophene rings is 1. The first kappa shape index (κ1) is 5.67. The van der Waals surface area contributed by atoms with Gasteiger partial charge in [-0.2, -0.15) is 0 Å². The molecule has 2 heterocycles. The van der Waals surface area contributed by atoms with E-state index in [1.165, 1.54) is 0 Å². The second-order valence-electron chi connectivity index (χ2n) is 1.80. The Morgan fingerprint density at radius 1 is 1.30 bits per heavy atom. The lowest BCUT2D eigenvalue weighted by Gasteiger charge is -1.91. The van der Waals surface area contributed by atoms with E-state index in [4.69, 9.17) is 0 Å². The molecule has 0 spiro atoms. The molecule has 1 aromatic rings. The molecule has 0 saturated carbocycles. The highest BCUT2D eigenvalue weighted by Gasteiger charge is 2.12. The van der Waals surface area contributed by atoms with Crippen molar-refractivity contribution in [1.82, 2.24) is 0 Å². The van der Waals surface area contributed by atoms with E-state index in [0.29, 0.717) is 0 Å². The molecule has 10 heavy (non-hydrogen) atoms. The van der Waals surface area contributed by atoms with Crippen molar-refractivity contribution in [1.29, 1.82) is 0 Å². The minimum Gasteiger partial charge on any atom is -0.144 e. The summed E-state index contributed by atoms with van der Waals surface area (Å²) in [5, 5.41) is 16.4. The molecule has 0 N–H and O–H groups in total. The molecule has 1 aliphatic rings. The average molecular weight is 152 g/mol. The van der Waals surface area contributed by atoms with Gasteiger partial charge in [0.25, 0.3) is 0 Å². The Morgan fingerprint density at radius 3 is 2.70 bits per heavy atom. The highest BCUT2D eigenvalue weighted by atomic mass is 32.1. The lowest BCUT2D eigenvalue weighted by atomic mass is 10.4. The van der Waals surface area contributed by atoms with E-state index in [-0.39, 0.29) is 6.17 Å². The highest BCUT2D eigenvalue weighted by Crippen LogP contribution is 2.27. The van der Waals surface area contributed by atoms with Crippen LogP contribution in [-0.2, 0) is 0 Å². The predicted molar refractivity (Wildman–Crippen MR) is 36.8 cm³/mol. The molecule has 0 amide bonds. The molecular weight excluding hydrogens is 148 g/mol. The molecule has 50 valence electrons. The predicted octanol–water partition coefficient (Wildman–Crippen LogP) is 2.58. The maximum Gasteiger partial charge on any atom is 0.219 e. The normalized spacial score (nSPS) is 16.8. The van der Waals surface area contributed by atoms with Crippen LogP contribution in [0.25, 0.3) is 0 Å². The van der Waals surface area contributed by atoms with Gasteiger partial charge in [0.1, 0.15) is 0 Å². The monoisotopic (exact) mass is 152 g/mol. The van der Waals surface area contributed by atoms with Crippen molar-refractivity contribution in [2.45, 2.75) is 6.17 Å². The summed E-state index contributed by atoms with van der Waals surface area (Å²) in [6.07, 6.45) is -0.167. The van der Waals surface area contributed by atoms with Crippen LogP contribution >= 0.6 is 11.3 Å². The fraction of sp³-hybridized carbons (Fsp3) is 0.200. The first-order valence-corrected chi connectivity index (χ1v) is 3.68. The molecule has 1 aromatic heterocycles. The van der Waals surface area contributed by atoms with Crippen molar-refractivity contribution in [3.63, 3.8) is 0 Å². The standard InChI is InChI=1S/C5H4N4S/c1-2-4(10-3-1)5-6-8-9-7-5/h1-3,5H. The van der Waals surface area contributed by atoms with Gasteiger partial charge < -0.3 is 0 Å². The van der Waals surface area contributed by atoms with Gasteiger partial charge in [-0.1, -0.05) is 6.07 Å². The van der Waals surface area contributed by atoms with Gasteiger partial charge in [-0.15, -0.1) is 21.6 Å². The quantitative estimate of drug-likeness (QED) is 0.593. The molecule has 0 aromatic carbocycles. The van der Waals surface area contributed by atoms with Crippen molar-refractivity contribution in [3.8, 4) is 0 Å². The molecular formula is C5H4N4S. The Kier molecular flexibility index (Phi) is 1.28. The van der Waals surface area contributed by atoms with Gasteiger partial charge >= 0.3 is 0 Å². The van der Waals surface area contributed by atoms with Crippen LogP contribution < -0.4 is 0 Å². The second-order valence-corrected chi connectivity index (χ2v) is 2.78. The fourth-order valence-electron chi connectivity index (χ4n) is 0.719. The summed E-state index contributed by atoms with van der Waals surface area (Å²) in [5.41, 5.74) is 0. The van der Waals surface area contributed by atoms with E-state index in [2.05, 4.69) is 20.7 Å². The SMILES string of the molecule is c1csc(C2N=NN=N2)c1. The molecule has 0 fully saturated rings. The topological polar surface area (TPSA) is 49.4 Å². The molecule has 0 bridgehead atoms. The molecule has 2 rings (SSSR count). The van der Waals surface area contributed by atoms with Gasteiger partial charge in [-0.25, -0.2) is 0 Å². The van der Waals surface area contributed by atoms with Gasteiger partial charge in [0.2, 0.25) is 6.17 Å². The third kappa shape index (κ3) is 0.841. The molecule has 0 aliphatic carbocycles. The van der Waals surface area contributed by atoms with Crippen LogP contribution in [0.2, 0.25) is 0 Å². The van der Waals surface area contributed by atoms with E-state index in [9.17, 15) is 0 Å². The van der Waals surface area contributed by atoms with Crippen LogP contribution in [0.1, 0.15) is 11.0 Å². The lowest BCUT2D eigenvalue weighted by Crippen LogP contribution is -1.79. The third-order valence-corrected chi connectivity index (χ3v) is 2.07. The average Bonchev–Trinajstić information content (AvgIpc) is 2.59. The fourth-order valence-corrected chi connectivity index (χ4v) is 1.41. The molecule has 1 aliphatic heterocycles. The van der Waals surface area contributed by atoms with Gasteiger partial charge in [0.15, 0.2) is 0 Å². The summed E-state index contributed by atoms with van der Waals surface area (Å²) in [4.78, 5) is 1.09. The van der Waals surface area contributed by atoms with E-state index >= 15 is 0 Å². The van der Waals surface area contributed by atoms with Crippen molar-refractivity contribution in [3.05, 3.63) is 22.4 Å². The zero-order chi connectivity index (χ0) is 6.81. The summed E-state index contributed by atoms with van der Waals surface area (Å²) < 4.78 is 0. The van der Waals surface area contributed by atoms with Gasteiger partial charge in [-0.05, 0) is 21.9 Å². The maximum atomic E-state index is 3.78. The number of nitrogens with zero attached hydrogens (tertiary/aromatic N) is 4. The Balaban J connectivity index is 2.29. The Labute approximate surface area is 61.3 Å². The van der Waals surface area contributed by atoms with E-state index < -0.39 is 0 Å². The van der Waals surface area contributed by atoms with Crippen LogP contribution in [0, 0.1) is 0 Å². The van der Waals surface area contributed by atoms with Gasteiger partial charge in [0, 0.05) is 0 Å². The van der Waals surface area contributed by atoms with Crippen molar-refractivity contribution in [2.75, 3.05) is 0 Å². The van der Waals surface area contributed by atoms with Gasteiger partial charge in [0.05, 0.1) is 4.88 Å². The number of hydrogen-bond donors (Lipinski definition) is 0. The minimum absolute atomic E-state index is 0.167. The smallest absolute Gasteiger partial charge is 0.144 e. The third-order valence-electron chi connectivity index (χ3n) is 1.16. The summed E-state index contributed by atoms with van der Waals surface area (Å²) in [6.45, 7) is 0. The van der Waals surface area contributed by atoms with Crippen molar-refractivity contribution < 1.29 is 0 Å². The van der Waals surface area contributed by atoms with E-state index in [1.54, 1.807) is 11.3 Å². The van der Waals surface area contributed by atoms with Crippen LogP contribution in [0.3, 0.4) is 0 Å². The summed E-state index contributed by atoms with van der Waals surface area (Å²) in [7, 11) is 0.